The molecule has 1 fully saturated rings. The van der Waals surface area contributed by atoms with Crippen molar-refractivity contribution in [2.45, 2.75) is 17.7 Å². The third-order valence-corrected chi connectivity index (χ3v) is 4.72. The topological polar surface area (TPSA) is 55.6 Å². The van der Waals surface area contributed by atoms with Gasteiger partial charge in [0, 0.05) is 18.0 Å². The molecule has 5 heteroatoms. The van der Waals surface area contributed by atoms with Gasteiger partial charge in [0.1, 0.15) is 5.75 Å². The van der Waals surface area contributed by atoms with Crippen LogP contribution in [0.2, 0.25) is 0 Å². The van der Waals surface area contributed by atoms with Gasteiger partial charge in [0.15, 0.2) is 0 Å². The van der Waals surface area contributed by atoms with E-state index < -0.39 is 0 Å². The van der Waals surface area contributed by atoms with Crippen molar-refractivity contribution in [2.75, 3.05) is 32.5 Å². The number of thioether (sulfide) groups is 1. The lowest BCUT2D eigenvalue weighted by atomic mass is 9.97. The van der Waals surface area contributed by atoms with Gasteiger partial charge in [-0.1, -0.05) is 0 Å². The molecular formula is C15H22N2O2S. The first kappa shape index (κ1) is 15.2. The summed E-state index contributed by atoms with van der Waals surface area (Å²) < 4.78 is 5.12. The molecule has 0 aliphatic carbocycles. The molecule has 110 valence electrons. The van der Waals surface area contributed by atoms with Crippen molar-refractivity contribution in [1.82, 2.24) is 4.90 Å². The van der Waals surface area contributed by atoms with E-state index in [0.29, 0.717) is 11.7 Å². The normalized spacial score (nSPS) is 16.2. The highest BCUT2D eigenvalue weighted by Gasteiger charge is 2.21. The molecule has 1 aromatic rings. The third kappa shape index (κ3) is 4.15. The summed E-state index contributed by atoms with van der Waals surface area (Å²) in [6, 6.07) is 7.80. The van der Waals surface area contributed by atoms with E-state index in [1.54, 1.807) is 18.9 Å². The number of amides is 1. The van der Waals surface area contributed by atoms with Crippen molar-refractivity contribution in [3.63, 3.8) is 0 Å². The highest BCUT2D eigenvalue weighted by Crippen LogP contribution is 2.23. The molecule has 0 saturated carbocycles. The van der Waals surface area contributed by atoms with Gasteiger partial charge in [0.05, 0.1) is 12.9 Å². The zero-order chi connectivity index (χ0) is 14.4. The first-order valence-corrected chi connectivity index (χ1v) is 7.96. The number of hydrogen-bond acceptors (Lipinski definition) is 4. The van der Waals surface area contributed by atoms with Crippen LogP contribution in [0, 0.1) is 5.92 Å². The first-order chi connectivity index (χ1) is 9.72. The van der Waals surface area contributed by atoms with Crippen molar-refractivity contribution in [3.8, 4) is 5.75 Å². The molecule has 0 atom stereocenters. The summed E-state index contributed by atoms with van der Waals surface area (Å²) in [6.45, 7) is 2.44. The summed E-state index contributed by atoms with van der Waals surface area (Å²) in [5, 5.41) is 0. The van der Waals surface area contributed by atoms with Crippen molar-refractivity contribution in [1.29, 1.82) is 0 Å². The lowest BCUT2D eigenvalue weighted by Gasteiger charge is -2.31. The van der Waals surface area contributed by atoms with Crippen LogP contribution in [0.5, 0.6) is 5.75 Å². The number of carbonyl (C=O) groups is 1. The lowest BCUT2D eigenvalue weighted by Crippen LogP contribution is -2.40. The van der Waals surface area contributed by atoms with Crippen LogP contribution in [0.3, 0.4) is 0 Å². The van der Waals surface area contributed by atoms with Crippen LogP contribution in [-0.4, -0.2) is 43.3 Å². The molecule has 1 saturated heterocycles. The van der Waals surface area contributed by atoms with Crippen LogP contribution in [0.1, 0.15) is 12.8 Å². The minimum absolute atomic E-state index is 0.223. The number of nitrogens with zero attached hydrogens (tertiary/aromatic N) is 1. The predicted molar refractivity (Wildman–Crippen MR) is 82.1 cm³/mol. The maximum atomic E-state index is 12.1. The Kier molecular flexibility index (Phi) is 5.73. The van der Waals surface area contributed by atoms with E-state index in [0.717, 1.165) is 43.1 Å². The summed E-state index contributed by atoms with van der Waals surface area (Å²) in [5.41, 5.74) is 5.67. The standard InChI is InChI=1S/C15H22N2O2S/c1-19-13-2-4-14(5-3-13)20-11-15(18)17-8-6-12(10-16)7-9-17/h2-5,12H,6-11,16H2,1H3. The Morgan fingerprint density at radius 1 is 1.35 bits per heavy atom. The molecule has 1 heterocycles. The second-order valence-corrected chi connectivity index (χ2v) is 6.07. The summed E-state index contributed by atoms with van der Waals surface area (Å²) in [4.78, 5) is 15.2. The van der Waals surface area contributed by atoms with Crippen molar-refractivity contribution >= 4 is 17.7 Å². The van der Waals surface area contributed by atoms with E-state index in [9.17, 15) is 4.79 Å². The summed E-state index contributed by atoms with van der Waals surface area (Å²) in [6.07, 6.45) is 2.07. The Bertz CT molecular complexity index is 428. The number of nitrogens with two attached hydrogens (primary N) is 1. The van der Waals surface area contributed by atoms with Crippen molar-refractivity contribution in [3.05, 3.63) is 24.3 Å². The summed E-state index contributed by atoms with van der Waals surface area (Å²) in [5.74, 6) is 2.15. The van der Waals surface area contributed by atoms with Crippen LogP contribution >= 0.6 is 11.8 Å². The molecule has 2 rings (SSSR count). The average molecular weight is 294 g/mol. The molecule has 0 aromatic heterocycles. The first-order valence-electron chi connectivity index (χ1n) is 6.97. The Hall–Kier alpha value is -1.20. The molecule has 1 aromatic carbocycles. The van der Waals surface area contributed by atoms with Crippen molar-refractivity contribution in [2.24, 2.45) is 11.7 Å². The summed E-state index contributed by atoms with van der Waals surface area (Å²) >= 11 is 1.58. The third-order valence-electron chi connectivity index (χ3n) is 3.72. The average Bonchev–Trinajstić information content (AvgIpc) is 2.53. The van der Waals surface area contributed by atoms with Crippen LogP contribution in [0.25, 0.3) is 0 Å². The van der Waals surface area contributed by atoms with Crippen LogP contribution in [-0.2, 0) is 4.79 Å². The fourth-order valence-corrected chi connectivity index (χ4v) is 3.13. The van der Waals surface area contributed by atoms with E-state index in [1.165, 1.54) is 0 Å². The molecule has 0 radical (unpaired) electrons. The fourth-order valence-electron chi connectivity index (χ4n) is 2.33. The quantitative estimate of drug-likeness (QED) is 0.844. The highest BCUT2D eigenvalue weighted by molar-refractivity contribution is 8.00. The Morgan fingerprint density at radius 3 is 2.55 bits per heavy atom. The Labute approximate surface area is 124 Å². The maximum Gasteiger partial charge on any atom is 0.232 e. The number of piperidine rings is 1. The number of ether oxygens (including phenoxy) is 1. The number of hydrogen-bond donors (Lipinski definition) is 1. The van der Waals surface area contributed by atoms with Gasteiger partial charge in [-0.25, -0.2) is 0 Å². The van der Waals surface area contributed by atoms with Gasteiger partial charge >= 0.3 is 0 Å². The zero-order valence-electron chi connectivity index (χ0n) is 11.9. The van der Waals surface area contributed by atoms with Gasteiger partial charge in [-0.3, -0.25) is 4.79 Å². The minimum atomic E-state index is 0.223. The monoisotopic (exact) mass is 294 g/mol. The molecule has 0 unspecified atom stereocenters. The van der Waals surface area contributed by atoms with Crippen LogP contribution in [0.15, 0.2) is 29.2 Å². The second kappa shape index (κ2) is 7.55. The predicted octanol–water partition coefficient (Wildman–Crippen LogP) is 1.98. The molecule has 20 heavy (non-hydrogen) atoms. The second-order valence-electron chi connectivity index (χ2n) is 5.02. The molecule has 1 aliphatic heterocycles. The van der Waals surface area contributed by atoms with Gasteiger partial charge in [0.25, 0.3) is 0 Å². The number of carbonyl (C=O) groups excluding carboxylic acids is 1. The SMILES string of the molecule is COc1ccc(SCC(=O)N2CCC(CN)CC2)cc1. The van der Waals surface area contributed by atoms with Crippen molar-refractivity contribution < 1.29 is 9.53 Å². The number of rotatable bonds is 5. The van der Waals surface area contributed by atoms with E-state index in [4.69, 9.17) is 10.5 Å². The fraction of sp³-hybridized carbons (Fsp3) is 0.533. The largest absolute Gasteiger partial charge is 0.497 e. The summed E-state index contributed by atoms with van der Waals surface area (Å²) in [7, 11) is 1.65. The van der Waals surface area contributed by atoms with Crippen LogP contribution < -0.4 is 10.5 Å². The molecule has 1 aliphatic rings. The van der Waals surface area contributed by atoms with E-state index >= 15 is 0 Å². The highest BCUT2D eigenvalue weighted by atomic mass is 32.2. The minimum Gasteiger partial charge on any atom is -0.497 e. The van der Waals surface area contributed by atoms with E-state index in [2.05, 4.69) is 0 Å². The molecule has 0 bridgehead atoms. The molecule has 4 nitrogen and oxygen atoms in total. The zero-order valence-corrected chi connectivity index (χ0v) is 12.7. The van der Waals surface area contributed by atoms with Gasteiger partial charge in [0.2, 0.25) is 5.91 Å². The van der Waals surface area contributed by atoms with E-state index in [1.807, 2.05) is 29.2 Å². The van der Waals surface area contributed by atoms with Gasteiger partial charge in [-0.2, -0.15) is 0 Å². The van der Waals surface area contributed by atoms with E-state index in [-0.39, 0.29) is 5.91 Å². The maximum absolute atomic E-state index is 12.1. The number of methoxy groups -OCH3 is 1. The Morgan fingerprint density at radius 2 is 2.00 bits per heavy atom. The smallest absolute Gasteiger partial charge is 0.232 e. The lowest BCUT2D eigenvalue weighted by molar-refractivity contribution is -0.129. The molecular weight excluding hydrogens is 272 g/mol. The molecule has 2 N–H and O–H groups in total. The van der Waals surface area contributed by atoms with Gasteiger partial charge < -0.3 is 15.4 Å². The Balaban J connectivity index is 1.77. The van der Waals surface area contributed by atoms with Gasteiger partial charge in [-0.15, -0.1) is 11.8 Å². The number of likely N-dealkylation sites (tertiary alicyclic amines) is 1. The number of benzene rings is 1. The molecule has 1 amide bonds. The molecule has 0 spiro atoms. The van der Waals surface area contributed by atoms with Gasteiger partial charge in [-0.05, 0) is 49.6 Å². The van der Waals surface area contributed by atoms with Crippen LogP contribution in [0.4, 0.5) is 0 Å².